The number of hydrogen-bond acceptors (Lipinski definition) is 0. The van der Waals surface area contributed by atoms with Crippen molar-refractivity contribution in [3.05, 3.63) is 83.4 Å². The lowest BCUT2D eigenvalue weighted by molar-refractivity contribution is 0.632. The first kappa shape index (κ1) is 19.1. The maximum atomic E-state index is 3.77. The van der Waals surface area contributed by atoms with Gasteiger partial charge in [-0.2, -0.15) is 0 Å². The zero-order valence-electron chi connectivity index (χ0n) is 15.6. The van der Waals surface area contributed by atoms with Crippen LogP contribution in [0.5, 0.6) is 0 Å². The maximum absolute atomic E-state index is 3.77. The van der Waals surface area contributed by atoms with Crippen molar-refractivity contribution in [1.29, 1.82) is 0 Å². The van der Waals surface area contributed by atoms with E-state index < -0.39 is 0 Å². The standard InChI is InChI=1S/C25H30/c1-3-5-7-8-9-12-24-13-10-14-25(21-24)20-19-23-17-15-22(16-18-23)11-6-4-2/h4,10,13-18,21H,2-3,5-9,11-12H2,1H3. The molecule has 0 aromatic heterocycles. The predicted molar refractivity (Wildman–Crippen MR) is 110 cm³/mol. The van der Waals surface area contributed by atoms with Gasteiger partial charge in [0, 0.05) is 11.1 Å². The number of rotatable bonds is 9. The molecular formula is C25H30. The summed E-state index contributed by atoms with van der Waals surface area (Å²) >= 11 is 0. The molecule has 0 fully saturated rings. The van der Waals surface area contributed by atoms with E-state index in [4.69, 9.17) is 0 Å². The first-order valence-electron chi connectivity index (χ1n) is 9.62. The van der Waals surface area contributed by atoms with Gasteiger partial charge in [0.2, 0.25) is 0 Å². The Balaban J connectivity index is 1.91. The summed E-state index contributed by atoms with van der Waals surface area (Å²) in [4.78, 5) is 0. The summed E-state index contributed by atoms with van der Waals surface area (Å²) in [5.74, 6) is 6.59. The first-order chi connectivity index (χ1) is 12.3. The van der Waals surface area contributed by atoms with Crippen LogP contribution in [-0.2, 0) is 12.8 Å². The Morgan fingerprint density at radius 2 is 1.56 bits per heavy atom. The van der Waals surface area contributed by atoms with E-state index in [9.17, 15) is 0 Å². The fourth-order valence-corrected chi connectivity index (χ4v) is 2.91. The molecule has 0 amide bonds. The number of unbranched alkanes of at least 4 members (excludes halogenated alkanes) is 4. The maximum Gasteiger partial charge on any atom is 0.0251 e. The van der Waals surface area contributed by atoms with Crippen LogP contribution in [0.15, 0.2) is 61.2 Å². The topological polar surface area (TPSA) is 0 Å². The van der Waals surface area contributed by atoms with Gasteiger partial charge < -0.3 is 0 Å². The second-order valence-electron chi connectivity index (χ2n) is 6.64. The number of benzene rings is 2. The van der Waals surface area contributed by atoms with Crippen molar-refractivity contribution in [3.63, 3.8) is 0 Å². The third kappa shape index (κ3) is 7.44. The van der Waals surface area contributed by atoms with Gasteiger partial charge in [-0.05, 0) is 61.1 Å². The van der Waals surface area contributed by atoms with Crippen LogP contribution in [0, 0.1) is 11.8 Å². The normalized spacial score (nSPS) is 10.1. The molecule has 0 aliphatic rings. The molecular weight excluding hydrogens is 300 g/mol. The molecule has 0 radical (unpaired) electrons. The van der Waals surface area contributed by atoms with Crippen molar-refractivity contribution in [3.8, 4) is 11.8 Å². The van der Waals surface area contributed by atoms with E-state index >= 15 is 0 Å². The summed E-state index contributed by atoms with van der Waals surface area (Å²) in [6, 6.07) is 17.3. The smallest absolute Gasteiger partial charge is 0.0251 e. The van der Waals surface area contributed by atoms with Crippen LogP contribution in [-0.4, -0.2) is 0 Å². The highest BCUT2D eigenvalue weighted by Gasteiger charge is 1.96. The van der Waals surface area contributed by atoms with Crippen LogP contribution in [0.3, 0.4) is 0 Å². The minimum atomic E-state index is 1.02. The lowest BCUT2D eigenvalue weighted by Crippen LogP contribution is -1.87. The Labute approximate surface area is 154 Å². The minimum absolute atomic E-state index is 1.02. The van der Waals surface area contributed by atoms with E-state index in [0.717, 1.165) is 30.4 Å². The van der Waals surface area contributed by atoms with Crippen molar-refractivity contribution < 1.29 is 0 Å². The molecule has 25 heavy (non-hydrogen) atoms. The van der Waals surface area contributed by atoms with Gasteiger partial charge in [-0.1, -0.05) is 74.8 Å². The minimum Gasteiger partial charge on any atom is -0.103 e. The van der Waals surface area contributed by atoms with Crippen LogP contribution in [0.1, 0.15) is 67.7 Å². The molecule has 2 rings (SSSR count). The zero-order valence-corrected chi connectivity index (χ0v) is 15.6. The number of allylic oxidation sites excluding steroid dienone is 1. The largest absolute Gasteiger partial charge is 0.103 e. The van der Waals surface area contributed by atoms with Gasteiger partial charge in [0.25, 0.3) is 0 Å². The molecule has 0 bridgehead atoms. The molecule has 0 nitrogen and oxygen atoms in total. The summed E-state index contributed by atoms with van der Waals surface area (Å²) in [5, 5.41) is 0. The molecule has 0 heteroatoms. The summed E-state index contributed by atoms with van der Waals surface area (Å²) in [6.45, 7) is 6.03. The molecule has 0 saturated carbocycles. The quantitative estimate of drug-likeness (QED) is 0.272. The average molecular weight is 331 g/mol. The van der Waals surface area contributed by atoms with Crippen LogP contribution < -0.4 is 0 Å². The monoisotopic (exact) mass is 330 g/mol. The van der Waals surface area contributed by atoms with Crippen molar-refractivity contribution in [2.45, 2.75) is 58.3 Å². The lowest BCUT2D eigenvalue weighted by Gasteiger charge is -2.02. The Kier molecular flexibility index (Phi) is 8.64. The van der Waals surface area contributed by atoms with Gasteiger partial charge in [0.05, 0.1) is 0 Å². The molecule has 0 N–H and O–H groups in total. The van der Waals surface area contributed by atoms with Crippen molar-refractivity contribution in [1.82, 2.24) is 0 Å². The zero-order chi connectivity index (χ0) is 17.7. The summed E-state index contributed by atoms with van der Waals surface area (Å²) in [5.41, 5.74) is 4.94. The SMILES string of the molecule is C=CCCc1ccc(C#Cc2cccc(CCCCCCC)c2)cc1. The first-order valence-corrected chi connectivity index (χ1v) is 9.62. The number of hydrogen-bond donors (Lipinski definition) is 0. The Hall–Kier alpha value is -2.26. The lowest BCUT2D eigenvalue weighted by atomic mass is 10.0. The molecule has 0 unspecified atom stereocenters. The summed E-state index contributed by atoms with van der Waals surface area (Å²) in [7, 11) is 0. The van der Waals surface area contributed by atoms with E-state index in [1.807, 2.05) is 6.08 Å². The molecule has 0 aliphatic heterocycles. The second kappa shape index (κ2) is 11.3. The Morgan fingerprint density at radius 3 is 2.32 bits per heavy atom. The van der Waals surface area contributed by atoms with Gasteiger partial charge in [0.1, 0.15) is 0 Å². The summed E-state index contributed by atoms with van der Waals surface area (Å²) in [6.07, 6.45) is 11.8. The van der Waals surface area contributed by atoms with E-state index in [-0.39, 0.29) is 0 Å². The van der Waals surface area contributed by atoms with E-state index in [0.29, 0.717) is 0 Å². The molecule has 0 saturated heterocycles. The average Bonchev–Trinajstić information content (AvgIpc) is 2.66. The van der Waals surface area contributed by atoms with Crippen LogP contribution >= 0.6 is 0 Å². The highest BCUT2D eigenvalue weighted by Crippen LogP contribution is 2.11. The Bertz CT molecular complexity index is 695. The molecule has 0 aliphatic carbocycles. The van der Waals surface area contributed by atoms with E-state index in [1.165, 1.54) is 43.2 Å². The van der Waals surface area contributed by atoms with Gasteiger partial charge >= 0.3 is 0 Å². The van der Waals surface area contributed by atoms with Crippen molar-refractivity contribution in [2.24, 2.45) is 0 Å². The van der Waals surface area contributed by atoms with Crippen LogP contribution in [0.2, 0.25) is 0 Å². The second-order valence-corrected chi connectivity index (χ2v) is 6.64. The number of aryl methyl sites for hydroxylation is 2. The third-order valence-electron chi connectivity index (χ3n) is 4.44. The molecule has 0 atom stereocenters. The highest BCUT2D eigenvalue weighted by atomic mass is 14.0. The molecule has 0 heterocycles. The summed E-state index contributed by atoms with van der Waals surface area (Å²) < 4.78 is 0. The van der Waals surface area contributed by atoms with E-state index in [1.54, 1.807) is 0 Å². The van der Waals surface area contributed by atoms with Gasteiger partial charge in [0.15, 0.2) is 0 Å². The van der Waals surface area contributed by atoms with Crippen LogP contribution in [0.25, 0.3) is 0 Å². The Morgan fingerprint density at radius 1 is 0.800 bits per heavy atom. The fourth-order valence-electron chi connectivity index (χ4n) is 2.91. The molecule has 2 aromatic rings. The third-order valence-corrected chi connectivity index (χ3v) is 4.44. The van der Waals surface area contributed by atoms with Crippen molar-refractivity contribution >= 4 is 0 Å². The van der Waals surface area contributed by atoms with Crippen LogP contribution in [0.4, 0.5) is 0 Å². The van der Waals surface area contributed by atoms with Crippen molar-refractivity contribution in [2.75, 3.05) is 0 Å². The fraction of sp³-hybridized carbons (Fsp3) is 0.360. The predicted octanol–water partition coefficient (Wildman–Crippen LogP) is 6.72. The van der Waals surface area contributed by atoms with Gasteiger partial charge in [-0.25, -0.2) is 0 Å². The highest BCUT2D eigenvalue weighted by molar-refractivity contribution is 5.44. The van der Waals surface area contributed by atoms with E-state index in [2.05, 4.69) is 73.9 Å². The van der Waals surface area contributed by atoms with Gasteiger partial charge in [-0.15, -0.1) is 6.58 Å². The molecule has 0 spiro atoms. The van der Waals surface area contributed by atoms with Gasteiger partial charge in [-0.3, -0.25) is 0 Å². The molecule has 130 valence electrons. The molecule has 2 aromatic carbocycles.